The van der Waals surface area contributed by atoms with Crippen molar-refractivity contribution in [3.8, 4) is 5.75 Å². The number of nitrogens with zero attached hydrogens (tertiary/aromatic N) is 1. The Kier molecular flexibility index (Phi) is 4.81. The zero-order chi connectivity index (χ0) is 14.7. The minimum Gasteiger partial charge on any atom is -0.497 e. The summed E-state index contributed by atoms with van der Waals surface area (Å²) in [5.41, 5.74) is 1.41. The fourth-order valence-corrected chi connectivity index (χ4v) is 3.46. The van der Waals surface area contributed by atoms with Gasteiger partial charge in [0.15, 0.2) is 0 Å². The highest BCUT2D eigenvalue weighted by Gasteiger charge is 2.32. The Morgan fingerprint density at radius 1 is 1.19 bits per heavy atom. The van der Waals surface area contributed by atoms with Crippen molar-refractivity contribution in [1.29, 1.82) is 0 Å². The maximum Gasteiger partial charge on any atom is 0.118 e. The van der Waals surface area contributed by atoms with Crippen LogP contribution in [0, 0.1) is 5.92 Å². The minimum absolute atomic E-state index is 0.520. The first kappa shape index (κ1) is 14.9. The molecule has 2 aliphatic rings. The van der Waals surface area contributed by atoms with E-state index in [1.165, 1.54) is 44.2 Å². The Labute approximate surface area is 128 Å². The van der Waals surface area contributed by atoms with E-state index in [2.05, 4.69) is 41.5 Å². The lowest BCUT2D eigenvalue weighted by Crippen LogP contribution is -2.44. The third-order valence-electron chi connectivity index (χ3n) is 5.06. The van der Waals surface area contributed by atoms with E-state index in [9.17, 15) is 0 Å². The molecule has 1 aromatic rings. The second-order valence-electron chi connectivity index (χ2n) is 6.63. The number of piperidine rings is 1. The van der Waals surface area contributed by atoms with Crippen LogP contribution in [0.5, 0.6) is 5.75 Å². The number of likely N-dealkylation sites (N-methyl/N-ethyl adjacent to an activating group) is 1. The molecule has 21 heavy (non-hydrogen) atoms. The standard InChI is InChI=1S/C18H28N2O/c1-20-12-4-3-5-16(20)13-19-18(14-6-7-14)15-8-10-17(21-2)11-9-15/h8-11,14,16,18-19H,3-7,12-13H2,1-2H3. The summed E-state index contributed by atoms with van der Waals surface area (Å²) in [5, 5.41) is 3.85. The van der Waals surface area contributed by atoms with Crippen LogP contribution in [-0.4, -0.2) is 38.2 Å². The van der Waals surface area contributed by atoms with Gasteiger partial charge in [-0.1, -0.05) is 18.6 Å². The van der Waals surface area contributed by atoms with E-state index in [-0.39, 0.29) is 0 Å². The van der Waals surface area contributed by atoms with E-state index in [0.717, 1.165) is 18.2 Å². The topological polar surface area (TPSA) is 24.5 Å². The molecule has 2 atom stereocenters. The van der Waals surface area contributed by atoms with Gasteiger partial charge in [0, 0.05) is 18.6 Å². The van der Waals surface area contributed by atoms with Crippen molar-refractivity contribution in [3.05, 3.63) is 29.8 Å². The molecule has 1 aromatic carbocycles. The predicted octanol–water partition coefficient (Wildman–Crippen LogP) is 3.22. The molecule has 0 bridgehead atoms. The summed E-state index contributed by atoms with van der Waals surface area (Å²) < 4.78 is 5.27. The number of hydrogen-bond donors (Lipinski definition) is 1. The average molecular weight is 288 g/mol. The molecule has 1 aliphatic carbocycles. The molecule has 2 fully saturated rings. The number of likely N-dealkylation sites (tertiary alicyclic amines) is 1. The first-order chi connectivity index (χ1) is 10.3. The molecule has 0 radical (unpaired) electrons. The Morgan fingerprint density at radius 2 is 1.95 bits per heavy atom. The predicted molar refractivity (Wildman–Crippen MR) is 86.7 cm³/mol. The van der Waals surface area contributed by atoms with Crippen molar-refractivity contribution in [1.82, 2.24) is 10.2 Å². The molecule has 1 saturated heterocycles. The van der Waals surface area contributed by atoms with Crippen LogP contribution in [-0.2, 0) is 0 Å². The minimum atomic E-state index is 0.520. The lowest BCUT2D eigenvalue weighted by Gasteiger charge is -2.34. The van der Waals surface area contributed by atoms with Crippen LogP contribution in [0.4, 0.5) is 0 Å². The maximum atomic E-state index is 5.27. The fourth-order valence-electron chi connectivity index (χ4n) is 3.46. The molecule has 0 spiro atoms. The molecule has 3 nitrogen and oxygen atoms in total. The molecule has 3 rings (SSSR count). The van der Waals surface area contributed by atoms with Crippen LogP contribution in [0.3, 0.4) is 0 Å². The van der Waals surface area contributed by atoms with Crippen LogP contribution in [0.25, 0.3) is 0 Å². The molecule has 1 aliphatic heterocycles. The van der Waals surface area contributed by atoms with E-state index >= 15 is 0 Å². The Balaban J connectivity index is 1.61. The SMILES string of the molecule is COc1ccc(C(NCC2CCCCN2C)C2CC2)cc1. The lowest BCUT2D eigenvalue weighted by molar-refractivity contribution is 0.176. The number of ether oxygens (including phenoxy) is 1. The Bertz CT molecular complexity index is 441. The van der Waals surface area contributed by atoms with E-state index in [1.54, 1.807) is 7.11 Å². The van der Waals surface area contributed by atoms with Crippen molar-refractivity contribution in [2.24, 2.45) is 5.92 Å². The highest BCUT2D eigenvalue weighted by Crippen LogP contribution is 2.41. The molecule has 1 heterocycles. The van der Waals surface area contributed by atoms with Gasteiger partial charge in [-0.3, -0.25) is 0 Å². The largest absolute Gasteiger partial charge is 0.497 e. The first-order valence-corrected chi connectivity index (χ1v) is 8.35. The normalized spacial score (nSPS) is 24.8. The van der Waals surface area contributed by atoms with Gasteiger partial charge < -0.3 is 15.0 Å². The van der Waals surface area contributed by atoms with Crippen molar-refractivity contribution in [3.63, 3.8) is 0 Å². The van der Waals surface area contributed by atoms with Gasteiger partial charge in [-0.05, 0) is 62.9 Å². The summed E-state index contributed by atoms with van der Waals surface area (Å²) in [4.78, 5) is 2.52. The van der Waals surface area contributed by atoms with E-state index in [0.29, 0.717) is 12.1 Å². The number of rotatable bonds is 6. The maximum absolute atomic E-state index is 5.27. The first-order valence-electron chi connectivity index (χ1n) is 8.35. The summed E-state index contributed by atoms with van der Waals surface area (Å²) >= 11 is 0. The van der Waals surface area contributed by atoms with Gasteiger partial charge in [-0.2, -0.15) is 0 Å². The van der Waals surface area contributed by atoms with Crippen molar-refractivity contribution >= 4 is 0 Å². The van der Waals surface area contributed by atoms with Crippen molar-refractivity contribution < 1.29 is 4.74 Å². The van der Waals surface area contributed by atoms with Gasteiger partial charge in [0.2, 0.25) is 0 Å². The van der Waals surface area contributed by atoms with Gasteiger partial charge in [0.05, 0.1) is 7.11 Å². The quantitative estimate of drug-likeness (QED) is 0.870. The molecule has 1 N–H and O–H groups in total. The third kappa shape index (κ3) is 3.78. The van der Waals surface area contributed by atoms with Gasteiger partial charge in [-0.25, -0.2) is 0 Å². The van der Waals surface area contributed by atoms with E-state index in [4.69, 9.17) is 4.74 Å². The fraction of sp³-hybridized carbons (Fsp3) is 0.667. The van der Waals surface area contributed by atoms with Crippen LogP contribution in [0.2, 0.25) is 0 Å². The van der Waals surface area contributed by atoms with Crippen LogP contribution < -0.4 is 10.1 Å². The zero-order valence-corrected chi connectivity index (χ0v) is 13.3. The summed E-state index contributed by atoms with van der Waals surface area (Å²) in [7, 11) is 4.00. The molecule has 1 saturated carbocycles. The number of methoxy groups -OCH3 is 1. The highest BCUT2D eigenvalue weighted by molar-refractivity contribution is 5.30. The van der Waals surface area contributed by atoms with Gasteiger partial charge in [0.1, 0.15) is 5.75 Å². The molecule has 0 amide bonds. The lowest BCUT2D eigenvalue weighted by atomic mass is 9.99. The van der Waals surface area contributed by atoms with Crippen molar-refractivity contribution in [2.45, 2.75) is 44.2 Å². The summed E-state index contributed by atoms with van der Waals surface area (Å²) in [5.74, 6) is 1.77. The van der Waals surface area contributed by atoms with Gasteiger partial charge >= 0.3 is 0 Å². The summed E-state index contributed by atoms with van der Waals surface area (Å²) in [6, 6.07) is 9.83. The van der Waals surface area contributed by atoms with E-state index in [1.807, 2.05) is 0 Å². The summed E-state index contributed by atoms with van der Waals surface area (Å²) in [6.07, 6.45) is 6.81. The molecule has 3 heteroatoms. The van der Waals surface area contributed by atoms with Crippen LogP contribution in [0.15, 0.2) is 24.3 Å². The van der Waals surface area contributed by atoms with Crippen molar-refractivity contribution in [2.75, 3.05) is 27.2 Å². The number of nitrogens with one attached hydrogen (secondary N) is 1. The summed E-state index contributed by atoms with van der Waals surface area (Å²) in [6.45, 7) is 2.37. The monoisotopic (exact) mass is 288 g/mol. The van der Waals surface area contributed by atoms with E-state index < -0.39 is 0 Å². The molecule has 2 unspecified atom stereocenters. The van der Waals surface area contributed by atoms with Crippen LogP contribution >= 0.6 is 0 Å². The number of benzene rings is 1. The Morgan fingerprint density at radius 3 is 2.57 bits per heavy atom. The molecule has 0 aromatic heterocycles. The van der Waals surface area contributed by atoms with Gasteiger partial charge in [0.25, 0.3) is 0 Å². The van der Waals surface area contributed by atoms with Crippen LogP contribution in [0.1, 0.15) is 43.7 Å². The number of hydrogen-bond acceptors (Lipinski definition) is 3. The molecule has 116 valence electrons. The smallest absolute Gasteiger partial charge is 0.118 e. The molecular weight excluding hydrogens is 260 g/mol. The second-order valence-corrected chi connectivity index (χ2v) is 6.63. The molecular formula is C18H28N2O. The Hall–Kier alpha value is -1.06. The highest BCUT2D eigenvalue weighted by atomic mass is 16.5. The third-order valence-corrected chi connectivity index (χ3v) is 5.06. The zero-order valence-electron chi connectivity index (χ0n) is 13.3. The van der Waals surface area contributed by atoms with Gasteiger partial charge in [-0.15, -0.1) is 0 Å². The average Bonchev–Trinajstić information content (AvgIpc) is 3.35. The second kappa shape index (κ2) is 6.80.